The Morgan fingerprint density at radius 2 is 1.95 bits per heavy atom. The number of piperidine rings is 1. The fourth-order valence-electron chi connectivity index (χ4n) is 7.08. The summed E-state index contributed by atoms with van der Waals surface area (Å²) in [7, 11) is 0. The number of nitrogens with one attached hydrogen (secondary N) is 2. The zero-order chi connectivity index (χ0) is 26.9. The van der Waals surface area contributed by atoms with Crippen molar-refractivity contribution in [3.63, 3.8) is 0 Å². The van der Waals surface area contributed by atoms with Crippen LogP contribution in [0, 0.1) is 11.8 Å². The fourth-order valence-corrected chi connectivity index (χ4v) is 7.08. The van der Waals surface area contributed by atoms with Crippen molar-refractivity contribution in [1.29, 1.82) is 0 Å². The monoisotopic (exact) mass is 518 g/mol. The van der Waals surface area contributed by atoms with Crippen molar-refractivity contribution < 1.29 is 14.4 Å². The molecule has 3 aliphatic rings. The van der Waals surface area contributed by atoms with Crippen LogP contribution >= 0.6 is 0 Å². The molecule has 7 heteroatoms. The Balaban J connectivity index is 1.40. The lowest BCUT2D eigenvalue weighted by Crippen LogP contribution is -2.64. The quantitative estimate of drug-likeness (QED) is 0.498. The van der Waals surface area contributed by atoms with Crippen molar-refractivity contribution >= 4 is 28.6 Å². The molecule has 0 radical (unpaired) electrons. The number of hydrogen-bond donors (Lipinski definition) is 2. The Morgan fingerprint density at radius 1 is 1.16 bits per heavy atom. The maximum atomic E-state index is 14.0. The molecule has 1 aliphatic carbocycles. The summed E-state index contributed by atoms with van der Waals surface area (Å²) in [6.07, 6.45) is 9.17. The van der Waals surface area contributed by atoms with E-state index in [1.165, 1.54) is 29.4 Å². The summed E-state index contributed by atoms with van der Waals surface area (Å²) < 4.78 is 0. The van der Waals surface area contributed by atoms with Gasteiger partial charge in [0.05, 0.1) is 11.5 Å². The van der Waals surface area contributed by atoms with Gasteiger partial charge < -0.3 is 20.1 Å². The number of para-hydroxylation sites is 1. The van der Waals surface area contributed by atoms with Crippen LogP contribution in [0.15, 0.2) is 35.9 Å². The Labute approximate surface area is 226 Å². The van der Waals surface area contributed by atoms with Crippen molar-refractivity contribution in [1.82, 2.24) is 20.1 Å². The fraction of sp³-hybridized carbons (Fsp3) is 0.581. The first-order valence-corrected chi connectivity index (χ1v) is 14.5. The van der Waals surface area contributed by atoms with Crippen LogP contribution in [0.25, 0.3) is 10.9 Å². The number of aromatic amines is 1. The third-order valence-corrected chi connectivity index (χ3v) is 9.24. The van der Waals surface area contributed by atoms with Crippen LogP contribution in [-0.4, -0.2) is 58.7 Å². The normalized spacial score (nSPS) is 25.0. The van der Waals surface area contributed by atoms with E-state index >= 15 is 0 Å². The van der Waals surface area contributed by atoms with Crippen LogP contribution in [0.1, 0.15) is 77.0 Å². The number of benzene rings is 1. The molecule has 0 spiro atoms. The predicted octanol–water partition coefficient (Wildman–Crippen LogP) is 4.67. The van der Waals surface area contributed by atoms with Crippen molar-refractivity contribution in [2.75, 3.05) is 26.2 Å². The van der Waals surface area contributed by atoms with Crippen molar-refractivity contribution in [2.45, 2.75) is 77.7 Å². The lowest BCUT2D eigenvalue weighted by molar-refractivity contribution is -0.164. The number of aromatic nitrogens is 1. The molecular weight excluding hydrogens is 476 g/mol. The Hall–Kier alpha value is -3.09. The van der Waals surface area contributed by atoms with Crippen molar-refractivity contribution in [3.8, 4) is 0 Å². The molecule has 7 nitrogen and oxygen atoms in total. The van der Waals surface area contributed by atoms with Gasteiger partial charge in [0.1, 0.15) is 0 Å². The summed E-state index contributed by atoms with van der Waals surface area (Å²) in [5.74, 6) is -0.952. The average molecular weight is 519 g/mol. The predicted molar refractivity (Wildman–Crippen MR) is 149 cm³/mol. The summed E-state index contributed by atoms with van der Waals surface area (Å²) in [6, 6.07) is 8.22. The number of rotatable bonds is 8. The van der Waals surface area contributed by atoms with E-state index in [1.54, 1.807) is 0 Å². The number of hydrogen-bond acceptors (Lipinski definition) is 3. The summed E-state index contributed by atoms with van der Waals surface area (Å²) in [4.78, 5) is 48.3. The molecule has 0 bridgehead atoms. The summed E-state index contributed by atoms with van der Waals surface area (Å²) in [6.45, 7) is 8.45. The number of fused-ring (bicyclic) bond motifs is 5. The highest BCUT2D eigenvalue weighted by molar-refractivity contribution is 5.92. The second-order valence-corrected chi connectivity index (χ2v) is 11.3. The second kappa shape index (κ2) is 11.0. The summed E-state index contributed by atoms with van der Waals surface area (Å²) in [5.41, 5.74) is 3.87. The molecule has 1 fully saturated rings. The molecule has 1 unspecified atom stereocenters. The van der Waals surface area contributed by atoms with Crippen LogP contribution < -0.4 is 5.32 Å². The van der Waals surface area contributed by atoms with E-state index in [1.807, 2.05) is 35.8 Å². The largest absolute Gasteiger partial charge is 0.356 e. The van der Waals surface area contributed by atoms with Crippen LogP contribution in [-0.2, 0) is 26.3 Å². The molecule has 3 atom stereocenters. The number of carbonyl (C=O) groups excluding carboxylic acids is 3. The van der Waals surface area contributed by atoms with Crippen LogP contribution in [0.4, 0.5) is 0 Å². The lowest BCUT2D eigenvalue weighted by atomic mass is 9.67. The van der Waals surface area contributed by atoms with Crippen LogP contribution in [0.5, 0.6) is 0 Å². The summed E-state index contributed by atoms with van der Waals surface area (Å²) in [5, 5.41) is 4.22. The van der Waals surface area contributed by atoms with Crippen LogP contribution in [0.2, 0.25) is 0 Å². The first-order chi connectivity index (χ1) is 18.4. The molecule has 1 aromatic carbocycles. The molecule has 3 amide bonds. The van der Waals surface area contributed by atoms with Gasteiger partial charge >= 0.3 is 0 Å². The van der Waals surface area contributed by atoms with Gasteiger partial charge in [0.25, 0.3) is 0 Å². The van der Waals surface area contributed by atoms with E-state index in [2.05, 4.69) is 35.4 Å². The van der Waals surface area contributed by atoms with E-state index in [0.29, 0.717) is 32.6 Å². The number of amides is 3. The molecule has 204 valence electrons. The maximum absolute atomic E-state index is 14.0. The minimum atomic E-state index is -0.774. The van der Waals surface area contributed by atoms with Gasteiger partial charge in [-0.1, -0.05) is 29.8 Å². The van der Waals surface area contributed by atoms with Gasteiger partial charge in [-0.2, -0.15) is 0 Å². The van der Waals surface area contributed by atoms with Gasteiger partial charge in [0.2, 0.25) is 17.7 Å². The van der Waals surface area contributed by atoms with Gasteiger partial charge in [-0.3, -0.25) is 14.4 Å². The minimum absolute atomic E-state index is 0.00876. The Kier molecular flexibility index (Phi) is 7.64. The average Bonchev–Trinajstić information content (AvgIpc) is 3.31. The third-order valence-electron chi connectivity index (χ3n) is 9.24. The number of H-pyrrole nitrogens is 1. The van der Waals surface area contributed by atoms with Gasteiger partial charge in [0.15, 0.2) is 0 Å². The third kappa shape index (κ3) is 4.65. The van der Waals surface area contributed by atoms with E-state index < -0.39 is 17.4 Å². The SMILES string of the molecule is CCN(CC)C(=O)[C@H]1CC(CC(=O)NCCC2=CCCCC2)C(=O)N2CCc3c([nH]c4ccccc34)[C@]12C. The molecule has 2 aliphatic heterocycles. The molecule has 1 saturated heterocycles. The van der Waals surface area contributed by atoms with Crippen molar-refractivity contribution in [2.24, 2.45) is 11.8 Å². The van der Waals surface area contributed by atoms with Crippen molar-refractivity contribution in [3.05, 3.63) is 47.2 Å². The molecule has 5 rings (SSSR count). The smallest absolute Gasteiger partial charge is 0.228 e. The second-order valence-electron chi connectivity index (χ2n) is 11.3. The van der Waals surface area contributed by atoms with Gasteiger partial charge in [-0.25, -0.2) is 0 Å². The van der Waals surface area contributed by atoms with E-state index in [9.17, 15) is 14.4 Å². The van der Waals surface area contributed by atoms with E-state index in [-0.39, 0.29) is 24.1 Å². The van der Waals surface area contributed by atoms with E-state index in [0.717, 1.165) is 36.9 Å². The first kappa shape index (κ1) is 26.5. The Morgan fingerprint density at radius 3 is 2.68 bits per heavy atom. The molecule has 2 N–H and O–H groups in total. The minimum Gasteiger partial charge on any atom is -0.356 e. The molecule has 1 aromatic heterocycles. The zero-order valence-electron chi connectivity index (χ0n) is 23.1. The number of nitrogens with zero attached hydrogens (tertiary/aromatic N) is 2. The molecule has 2 aromatic rings. The first-order valence-electron chi connectivity index (χ1n) is 14.5. The highest BCUT2D eigenvalue weighted by Crippen LogP contribution is 2.50. The zero-order valence-corrected chi connectivity index (χ0v) is 23.1. The van der Waals surface area contributed by atoms with E-state index in [4.69, 9.17) is 0 Å². The highest BCUT2D eigenvalue weighted by atomic mass is 16.2. The molecular formula is C31H42N4O3. The lowest BCUT2D eigenvalue weighted by Gasteiger charge is -2.54. The molecule has 38 heavy (non-hydrogen) atoms. The molecule has 0 saturated carbocycles. The summed E-state index contributed by atoms with van der Waals surface area (Å²) >= 11 is 0. The maximum Gasteiger partial charge on any atom is 0.228 e. The van der Waals surface area contributed by atoms with Crippen LogP contribution in [0.3, 0.4) is 0 Å². The van der Waals surface area contributed by atoms with Gasteiger partial charge in [-0.15, -0.1) is 0 Å². The highest BCUT2D eigenvalue weighted by Gasteiger charge is 2.57. The molecule has 3 heterocycles. The topological polar surface area (TPSA) is 85.5 Å². The van der Waals surface area contributed by atoms with Gasteiger partial charge in [-0.05, 0) is 77.3 Å². The standard InChI is InChI=1S/C31H42N4O3/c1-4-34(5-2)30(38)25-19-22(20-27(36)32-17-15-21-11-7-6-8-12-21)29(37)35-18-16-24-23-13-9-10-14-26(23)33-28(24)31(25,35)3/h9-11,13-14,22,25,33H,4-8,12,15-20H2,1-3H3,(H,32,36)/t22?,25-,31+/m1/s1. The van der Waals surface area contributed by atoms with Gasteiger partial charge in [0, 0.05) is 55.1 Å². The number of allylic oxidation sites excluding steroid dienone is 1. The number of carbonyl (C=O) groups is 3. The Bertz CT molecular complexity index is 1240.